The first-order valence-corrected chi connectivity index (χ1v) is 8.96. The predicted octanol–water partition coefficient (Wildman–Crippen LogP) is 3.46. The van der Waals surface area contributed by atoms with Crippen LogP contribution in [0.2, 0.25) is 0 Å². The van der Waals surface area contributed by atoms with Crippen LogP contribution < -0.4 is 4.31 Å². The third-order valence-electron chi connectivity index (χ3n) is 3.56. The zero-order valence-corrected chi connectivity index (χ0v) is 14.7. The van der Waals surface area contributed by atoms with E-state index in [2.05, 4.69) is 0 Å². The van der Waals surface area contributed by atoms with E-state index in [0.29, 0.717) is 12.2 Å². The number of anilines is 1. The van der Waals surface area contributed by atoms with E-state index in [1.54, 1.807) is 30.3 Å². The van der Waals surface area contributed by atoms with Gasteiger partial charge < -0.3 is 4.90 Å². The first-order valence-electron chi connectivity index (χ1n) is 7.52. The molecule has 2 rings (SSSR count). The number of para-hydroxylation sites is 1. The highest BCUT2D eigenvalue weighted by atomic mass is 32.2. The van der Waals surface area contributed by atoms with E-state index in [1.165, 1.54) is 4.31 Å². The molecule has 8 heteroatoms. The molecule has 0 fully saturated rings. The smallest absolute Gasteiger partial charge is 0.308 e. The molecular formula is C17H19F3N2O2S. The Morgan fingerprint density at radius 3 is 1.92 bits per heavy atom. The van der Waals surface area contributed by atoms with Crippen molar-refractivity contribution in [3.05, 3.63) is 60.2 Å². The zero-order chi connectivity index (χ0) is 18.7. The lowest BCUT2D eigenvalue weighted by molar-refractivity contribution is -0.137. The Hall–Kier alpha value is -2.06. The highest BCUT2D eigenvalue weighted by Gasteiger charge is 2.31. The maximum atomic E-state index is 12.9. The lowest BCUT2D eigenvalue weighted by atomic mass is 10.2. The molecule has 4 nitrogen and oxygen atoms in total. The van der Waals surface area contributed by atoms with Crippen LogP contribution in [0, 0.1) is 0 Å². The molecule has 0 bridgehead atoms. The van der Waals surface area contributed by atoms with Crippen LogP contribution in [0.4, 0.5) is 18.9 Å². The molecule has 136 valence electrons. The Morgan fingerprint density at radius 2 is 1.44 bits per heavy atom. The second-order valence-electron chi connectivity index (χ2n) is 5.74. The van der Waals surface area contributed by atoms with E-state index < -0.39 is 21.8 Å². The monoisotopic (exact) mass is 372 g/mol. The van der Waals surface area contributed by atoms with Crippen molar-refractivity contribution in [3.8, 4) is 0 Å². The molecule has 0 aromatic heterocycles. The molecule has 0 aliphatic carbocycles. The molecule has 0 radical (unpaired) electrons. The Labute approximate surface area is 145 Å². The Morgan fingerprint density at radius 1 is 0.880 bits per heavy atom. The highest BCUT2D eigenvalue weighted by molar-refractivity contribution is 7.92. The van der Waals surface area contributed by atoms with Crippen molar-refractivity contribution in [1.82, 2.24) is 4.90 Å². The van der Waals surface area contributed by atoms with Crippen molar-refractivity contribution in [2.45, 2.75) is 11.1 Å². The standard InChI is InChI=1S/C17H19F3N2O2S/c1-21(2)12-13-22(15-6-4-3-5-7-15)25(23,24)16-10-8-14(9-11-16)17(18,19)20/h3-11H,12-13H2,1-2H3. The molecule has 0 spiro atoms. The summed E-state index contributed by atoms with van der Waals surface area (Å²) in [5.74, 6) is 0. The van der Waals surface area contributed by atoms with Gasteiger partial charge in [-0.25, -0.2) is 8.42 Å². The van der Waals surface area contributed by atoms with E-state index in [-0.39, 0.29) is 11.4 Å². The summed E-state index contributed by atoms with van der Waals surface area (Å²) >= 11 is 0. The summed E-state index contributed by atoms with van der Waals surface area (Å²) in [6, 6.07) is 12.0. The zero-order valence-electron chi connectivity index (χ0n) is 13.9. The van der Waals surface area contributed by atoms with Gasteiger partial charge in [-0.3, -0.25) is 4.31 Å². The molecule has 0 aliphatic heterocycles. The van der Waals surface area contributed by atoms with Gasteiger partial charge in [-0.05, 0) is 50.5 Å². The van der Waals surface area contributed by atoms with Gasteiger partial charge in [-0.1, -0.05) is 18.2 Å². The van der Waals surface area contributed by atoms with Gasteiger partial charge in [-0.2, -0.15) is 13.2 Å². The second-order valence-corrected chi connectivity index (χ2v) is 7.60. The SMILES string of the molecule is CN(C)CCN(c1ccccc1)S(=O)(=O)c1ccc(C(F)(F)F)cc1. The number of nitrogens with zero attached hydrogens (tertiary/aromatic N) is 2. The average molecular weight is 372 g/mol. The maximum Gasteiger partial charge on any atom is 0.416 e. The van der Waals surface area contributed by atoms with Gasteiger partial charge >= 0.3 is 6.18 Å². The van der Waals surface area contributed by atoms with Crippen LogP contribution >= 0.6 is 0 Å². The summed E-state index contributed by atoms with van der Waals surface area (Å²) in [6.07, 6.45) is -4.51. The van der Waals surface area contributed by atoms with E-state index in [9.17, 15) is 21.6 Å². The number of hydrogen-bond donors (Lipinski definition) is 0. The van der Waals surface area contributed by atoms with E-state index in [1.807, 2.05) is 19.0 Å². The molecule has 0 heterocycles. The molecule has 0 aliphatic rings. The fraction of sp³-hybridized carbons (Fsp3) is 0.294. The van der Waals surface area contributed by atoms with Crippen molar-refractivity contribution in [2.75, 3.05) is 31.5 Å². The largest absolute Gasteiger partial charge is 0.416 e. The molecule has 0 N–H and O–H groups in total. The lowest BCUT2D eigenvalue weighted by Crippen LogP contribution is -2.36. The van der Waals surface area contributed by atoms with Gasteiger partial charge in [0.15, 0.2) is 0 Å². The first kappa shape index (κ1) is 19.3. The van der Waals surface area contributed by atoms with E-state index >= 15 is 0 Å². The lowest BCUT2D eigenvalue weighted by Gasteiger charge is -2.26. The number of hydrogen-bond acceptors (Lipinski definition) is 3. The Balaban J connectivity index is 2.40. The first-order chi connectivity index (χ1) is 11.6. The molecular weight excluding hydrogens is 353 g/mol. The number of benzene rings is 2. The predicted molar refractivity (Wildman–Crippen MR) is 91.0 cm³/mol. The minimum atomic E-state index is -4.51. The van der Waals surface area contributed by atoms with Crippen LogP contribution in [0.1, 0.15) is 5.56 Å². The minimum absolute atomic E-state index is 0.178. The fourth-order valence-corrected chi connectivity index (χ4v) is 3.67. The molecule has 2 aromatic carbocycles. The Bertz CT molecular complexity index is 789. The van der Waals surface area contributed by atoms with Gasteiger partial charge in [0.2, 0.25) is 0 Å². The van der Waals surface area contributed by atoms with E-state index in [0.717, 1.165) is 24.3 Å². The minimum Gasteiger partial charge on any atom is -0.308 e. The van der Waals surface area contributed by atoms with Crippen LogP contribution in [0.15, 0.2) is 59.5 Å². The molecule has 0 amide bonds. The van der Waals surface area contributed by atoms with Crippen molar-refractivity contribution < 1.29 is 21.6 Å². The number of rotatable bonds is 6. The quantitative estimate of drug-likeness (QED) is 0.780. The van der Waals surface area contributed by atoms with Crippen LogP contribution in [0.3, 0.4) is 0 Å². The third-order valence-corrected chi connectivity index (χ3v) is 5.41. The molecule has 0 atom stereocenters. The summed E-state index contributed by atoms with van der Waals surface area (Å²) in [5.41, 5.74) is -0.421. The molecule has 2 aromatic rings. The molecule has 0 saturated carbocycles. The third kappa shape index (κ3) is 4.73. The van der Waals surface area contributed by atoms with Gasteiger partial charge in [-0.15, -0.1) is 0 Å². The van der Waals surface area contributed by atoms with Crippen LogP contribution in [0.25, 0.3) is 0 Å². The maximum absolute atomic E-state index is 12.9. The molecule has 25 heavy (non-hydrogen) atoms. The number of likely N-dealkylation sites (N-methyl/N-ethyl adjacent to an activating group) is 1. The highest BCUT2D eigenvalue weighted by Crippen LogP contribution is 2.31. The van der Waals surface area contributed by atoms with Gasteiger partial charge in [0.05, 0.1) is 16.1 Å². The van der Waals surface area contributed by atoms with Crippen LogP contribution in [-0.2, 0) is 16.2 Å². The summed E-state index contributed by atoms with van der Waals surface area (Å²) < 4.78 is 65.1. The van der Waals surface area contributed by atoms with Crippen molar-refractivity contribution in [2.24, 2.45) is 0 Å². The van der Waals surface area contributed by atoms with Crippen LogP contribution in [-0.4, -0.2) is 40.5 Å². The number of sulfonamides is 1. The van der Waals surface area contributed by atoms with E-state index in [4.69, 9.17) is 0 Å². The average Bonchev–Trinajstić information content (AvgIpc) is 2.55. The van der Waals surface area contributed by atoms with Gasteiger partial charge in [0, 0.05) is 13.1 Å². The Kier molecular flexibility index (Phi) is 5.74. The summed E-state index contributed by atoms with van der Waals surface area (Å²) in [4.78, 5) is 1.65. The molecule has 0 unspecified atom stereocenters. The number of alkyl halides is 3. The van der Waals surface area contributed by atoms with Crippen molar-refractivity contribution >= 4 is 15.7 Å². The van der Waals surface area contributed by atoms with Crippen LogP contribution in [0.5, 0.6) is 0 Å². The van der Waals surface area contributed by atoms with Gasteiger partial charge in [0.25, 0.3) is 10.0 Å². The summed E-state index contributed by atoms with van der Waals surface area (Å²) in [5, 5.41) is 0. The molecule has 0 saturated heterocycles. The van der Waals surface area contributed by atoms with Crippen molar-refractivity contribution in [1.29, 1.82) is 0 Å². The second kappa shape index (κ2) is 7.45. The normalized spacial score (nSPS) is 12.4. The fourth-order valence-electron chi connectivity index (χ4n) is 2.22. The summed E-state index contributed by atoms with van der Waals surface area (Å²) in [7, 11) is -0.346. The number of halogens is 3. The topological polar surface area (TPSA) is 40.6 Å². The summed E-state index contributed by atoms with van der Waals surface area (Å²) in [6.45, 7) is 0.648. The van der Waals surface area contributed by atoms with Crippen molar-refractivity contribution in [3.63, 3.8) is 0 Å². The van der Waals surface area contributed by atoms with Gasteiger partial charge in [0.1, 0.15) is 0 Å².